The van der Waals surface area contributed by atoms with Crippen molar-refractivity contribution in [1.82, 2.24) is 9.97 Å². The molecule has 1 aromatic heterocycles. The van der Waals surface area contributed by atoms with Crippen LogP contribution in [0.25, 0.3) is 6.08 Å². The van der Waals surface area contributed by atoms with Crippen LogP contribution in [0.5, 0.6) is 0 Å². The van der Waals surface area contributed by atoms with Crippen LogP contribution in [0.15, 0.2) is 42.7 Å². The molecule has 1 saturated heterocycles. The lowest BCUT2D eigenvalue weighted by atomic mass is 10.1. The first-order chi connectivity index (χ1) is 11.2. The normalized spacial score (nSPS) is 15.1. The van der Waals surface area contributed by atoms with E-state index in [1.54, 1.807) is 42.7 Å². The summed E-state index contributed by atoms with van der Waals surface area (Å²) in [6.07, 6.45) is 6.64. The molecule has 0 atom stereocenters. The van der Waals surface area contributed by atoms with Gasteiger partial charge in [-0.25, -0.2) is 9.97 Å². The Labute approximate surface area is 139 Å². The number of hydrogen-bond donors (Lipinski definition) is 0. The number of nitrogens with zero attached hydrogens (tertiary/aromatic N) is 3. The summed E-state index contributed by atoms with van der Waals surface area (Å²) < 4.78 is 5.31. The smallest absolute Gasteiger partial charge is 0.225 e. The molecule has 6 heteroatoms. The maximum atomic E-state index is 12.1. The predicted molar refractivity (Wildman–Crippen MR) is 89.9 cm³/mol. The standard InChI is InChI=1S/C17H16ClN3O2/c18-15-4-2-14(3-5-15)16(22)6-1-13-11-19-17(20-12-13)21-7-9-23-10-8-21/h1-6,11-12H,7-10H2/b6-1+. The summed E-state index contributed by atoms with van der Waals surface area (Å²) in [6, 6.07) is 6.80. The van der Waals surface area contributed by atoms with Crippen LogP contribution < -0.4 is 4.90 Å². The molecule has 0 aliphatic carbocycles. The quantitative estimate of drug-likeness (QED) is 0.637. The zero-order chi connectivity index (χ0) is 16.1. The Bertz CT molecular complexity index is 693. The topological polar surface area (TPSA) is 55.3 Å². The van der Waals surface area contributed by atoms with E-state index < -0.39 is 0 Å². The second-order valence-electron chi connectivity index (χ2n) is 5.12. The highest BCUT2D eigenvalue weighted by molar-refractivity contribution is 6.30. The minimum atomic E-state index is -0.0843. The highest BCUT2D eigenvalue weighted by atomic mass is 35.5. The van der Waals surface area contributed by atoms with Crippen LogP contribution in [-0.4, -0.2) is 42.1 Å². The third kappa shape index (κ3) is 4.15. The van der Waals surface area contributed by atoms with Crippen molar-refractivity contribution in [2.75, 3.05) is 31.2 Å². The van der Waals surface area contributed by atoms with Gasteiger partial charge in [0.1, 0.15) is 0 Å². The summed E-state index contributed by atoms with van der Waals surface area (Å²) in [5.41, 5.74) is 1.38. The molecule has 118 valence electrons. The highest BCUT2D eigenvalue weighted by Gasteiger charge is 2.13. The fourth-order valence-electron chi connectivity index (χ4n) is 2.23. The molecule has 0 radical (unpaired) electrons. The Morgan fingerprint density at radius 1 is 1.13 bits per heavy atom. The molecule has 1 aromatic carbocycles. The van der Waals surface area contributed by atoms with E-state index in [4.69, 9.17) is 16.3 Å². The Kier molecular flexibility index (Phi) is 5.00. The molecule has 0 spiro atoms. The molecule has 2 aromatic rings. The molecule has 0 unspecified atom stereocenters. The molecular formula is C17H16ClN3O2. The summed E-state index contributed by atoms with van der Waals surface area (Å²) in [6.45, 7) is 2.98. The largest absolute Gasteiger partial charge is 0.378 e. The summed E-state index contributed by atoms with van der Waals surface area (Å²) in [7, 11) is 0. The summed E-state index contributed by atoms with van der Waals surface area (Å²) >= 11 is 5.81. The minimum Gasteiger partial charge on any atom is -0.378 e. The second-order valence-corrected chi connectivity index (χ2v) is 5.56. The second kappa shape index (κ2) is 7.35. The van der Waals surface area contributed by atoms with E-state index in [-0.39, 0.29) is 5.78 Å². The van der Waals surface area contributed by atoms with Gasteiger partial charge in [0.05, 0.1) is 13.2 Å². The molecule has 0 amide bonds. The van der Waals surface area contributed by atoms with Gasteiger partial charge in [0.2, 0.25) is 5.95 Å². The van der Waals surface area contributed by atoms with E-state index in [0.717, 1.165) is 18.7 Å². The summed E-state index contributed by atoms with van der Waals surface area (Å²) in [5.74, 6) is 0.605. The number of ketones is 1. The number of halogens is 1. The van der Waals surface area contributed by atoms with Gasteiger partial charge in [0.25, 0.3) is 0 Å². The first-order valence-corrected chi connectivity index (χ1v) is 7.73. The number of anilines is 1. The molecular weight excluding hydrogens is 314 g/mol. The van der Waals surface area contributed by atoms with Crippen LogP contribution in [-0.2, 0) is 4.74 Å². The number of carbonyl (C=O) groups excluding carboxylic acids is 1. The van der Waals surface area contributed by atoms with Crippen LogP contribution in [0, 0.1) is 0 Å². The monoisotopic (exact) mass is 329 g/mol. The number of allylic oxidation sites excluding steroid dienone is 1. The Hall–Kier alpha value is -2.24. The number of carbonyl (C=O) groups is 1. The predicted octanol–water partition coefficient (Wildman–Crippen LogP) is 2.86. The van der Waals surface area contributed by atoms with Gasteiger partial charge < -0.3 is 9.64 Å². The molecule has 3 rings (SSSR count). The number of aromatic nitrogens is 2. The number of benzene rings is 1. The average Bonchev–Trinajstić information content (AvgIpc) is 2.61. The van der Waals surface area contributed by atoms with E-state index >= 15 is 0 Å². The molecule has 1 fully saturated rings. The fourth-order valence-corrected chi connectivity index (χ4v) is 2.35. The van der Waals surface area contributed by atoms with E-state index in [0.29, 0.717) is 29.7 Å². The highest BCUT2D eigenvalue weighted by Crippen LogP contribution is 2.12. The lowest BCUT2D eigenvalue weighted by Gasteiger charge is -2.26. The van der Waals surface area contributed by atoms with Gasteiger partial charge in [-0.2, -0.15) is 0 Å². The molecule has 1 aliphatic rings. The lowest BCUT2D eigenvalue weighted by molar-refractivity contribution is 0.104. The van der Waals surface area contributed by atoms with Crippen molar-refractivity contribution in [2.45, 2.75) is 0 Å². The van der Waals surface area contributed by atoms with Crippen molar-refractivity contribution in [3.63, 3.8) is 0 Å². The van der Waals surface area contributed by atoms with Crippen molar-refractivity contribution in [1.29, 1.82) is 0 Å². The molecule has 23 heavy (non-hydrogen) atoms. The molecule has 1 aliphatic heterocycles. The fraction of sp³-hybridized carbons (Fsp3) is 0.235. The van der Waals surface area contributed by atoms with Crippen LogP contribution in [0.2, 0.25) is 5.02 Å². The SMILES string of the molecule is O=C(/C=C/c1cnc(N2CCOCC2)nc1)c1ccc(Cl)cc1. The Balaban J connectivity index is 1.65. The zero-order valence-corrected chi connectivity index (χ0v) is 13.2. The third-order valence-electron chi connectivity index (χ3n) is 3.51. The Morgan fingerprint density at radius 2 is 1.78 bits per heavy atom. The summed E-state index contributed by atoms with van der Waals surface area (Å²) in [5, 5.41) is 0.609. The van der Waals surface area contributed by atoms with Crippen molar-refractivity contribution < 1.29 is 9.53 Å². The van der Waals surface area contributed by atoms with Crippen molar-refractivity contribution >= 4 is 29.4 Å². The average molecular weight is 330 g/mol. The number of ether oxygens (including phenoxy) is 1. The van der Waals surface area contributed by atoms with Crippen LogP contribution in [0.3, 0.4) is 0 Å². The molecule has 0 bridgehead atoms. The van der Waals surface area contributed by atoms with Gasteiger partial charge in [-0.3, -0.25) is 4.79 Å². The van der Waals surface area contributed by atoms with Crippen molar-refractivity contribution in [3.8, 4) is 0 Å². The van der Waals surface area contributed by atoms with Gasteiger partial charge in [-0.1, -0.05) is 11.6 Å². The maximum Gasteiger partial charge on any atom is 0.225 e. The van der Waals surface area contributed by atoms with Crippen LogP contribution >= 0.6 is 11.6 Å². The van der Waals surface area contributed by atoms with Gasteiger partial charge in [0, 0.05) is 41.6 Å². The zero-order valence-electron chi connectivity index (χ0n) is 12.5. The van der Waals surface area contributed by atoms with Gasteiger partial charge in [-0.05, 0) is 36.4 Å². The van der Waals surface area contributed by atoms with Gasteiger partial charge >= 0.3 is 0 Å². The van der Waals surface area contributed by atoms with Gasteiger partial charge in [-0.15, -0.1) is 0 Å². The van der Waals surface area contributed by atoms with Gasteiger partial charge in [0.15, 0.2) is 5.78 Å². The molecule has 0 N–H and O–H groups in total. The third-order valence-corrected chi connectivity index (χ3v) is 3.76. The van der Waals surface area contributed by atoms with E-state index in [9.17, 15) is 4.79 Å². The van der Waals surface area contributed by atoms with E-state index in [1.165, 1.54) is 6.08 Å². The van der Waals surface area contributed by atoms with E-state index in [2.05, 4.69) is 14.9 Å². The number of morpholine rings is 1. The maximum absolute atomic E-state index is 12.1. The lowest BCUT2D eigenvalue weighted by Crippen LogP contribution is -2.37. The van der Waals surface area contributed by atoms with Crippen molar-refractivity contribution in [3.05, 3.63) is 58.9 Å². The molecule has 2 heterocycles. The summed E-state index contributed by atoms with van der Waals surface area (Å²) in [4.78, 5) is 22.8. The first-order valence-electron chi connectivity index (χ1n) is 7.35. The number of hydrogen-bond acceptors (Lipinski definition) is 5. The van der Waals surface area contributed by atoms with Crippen LogP contribution in [0.1, 0.15) is 15.9 Å². The van der Waals surface area contributed by atoms with Crippen LogP contribution in [0.4, 0.5) is 5.95 Å². The van der Waals surface area contributed by atoms with Crippen molar-refractivity contribution in [2.24, 2.45) is 0 Å². The van der Waals surface area contributed by atoms with E-state index in [1.807, 2.05) is 0 Å². The minimum absolute atomic E-state index is 0.0843. The molecule has 5 nitrogen and oxygen atoms in total. The first kappa shape index (κ1) is 15.6. The molecule has 0 saturated carbocycles. The number of rotatable bonds is 4. The Morgan fingerprint density at radius 3 is 2.43 bits per heavy atom.